The minimum absolute atomic E-state index is 0.108. The molecule has 1 amide bonds. The molecule has 0 aromatic heterocycles. The lowest BCUT2D eigenvalue weighted by atomic mass is 9.56. The largest absolute Gasteiger partial charge is 0.496 e. The molecular formula is C45H54N2O9S. The van der Waals surface area contributed by atoms with Crippen molar-refractivity contribution in [3.63, 3.8) is 0 Å². The third kappa shape index (κ3) is 9.41. The van der Waals surface area contributed by atoms with Crippen molar-refractivity contribution >= 4 is 35.4 Å². The number of hydrogen-bond acceptors (Lipinski definition) is 11. The standard InChI is InChI=1S/C45H54N2O9S/c1-5-23-53-45-42(57-35-17-13-32(14-18-35)46-29(3)51)27-39(47-54-6-2)37-25-30(11-7-9-21-48)36(12-8-10-22-49)43(44(37)45)38-26-34(16-20-41(38)56-45)55-33-15-19-40(52-4)31(24-33)28-50/h5,13-20,24-26,28,30,36,42-44,48-49H,1,6-12,21-23,27H2,2-4H3,(H,46,51)/t30-,36+,42-,43+,44+,45+/m0/s1. The fourth-order valence-electron chi connectivity index (χ4n) is 8.62. The van der Waals surface area contributed by atoms with Crippen LogP contribution in [0.4, 0.5) is 5.69 Å². The summed E-state index contributed by atoms with van der Waals surface area (Å²) in [6, 6.07) is 18.8. The lowest BCUT2D eigenvalue weighted by Crippen LogP contribution is -2.64. The van der Waals surface area contributed by atoms with Crippen LogP contribution in [0.5, 0.6) is 23.0 Å². The maximum Gasteiger partial charge on any atom is 0.231 e. The first kappa shape index (κ1) is 42.0. The molecule has 0 saturated heterocycles. The van der Waals surface area contributed by atoms with Gasteiger partial charge in [-0.2, -0.15) is 0 Å². The summed E-state index contributed by atoms with van der Waals surface area (Å²) in [6.45, 7) is 8.31. The molecule has 1 saturated carbocycles. The lowest BCUT2D eigenvalue weighted by molar-refractivity contribution is -0.223. The fraction of sp³-hybridized carbons (Fsp3) is 0.444. The van der Waals surface area contributed by atoms with Crippen LogP contribution in [-0.2, 0) is 14.4 Å². The first-order chi connectivity index (χ1) is 27.8. The number of nitrogens with zero attached hydrogens (tertiary/aromatic N) is 1. The number of aliphatic hydroxyl groups excluding tert-OH is 2. The van der Waals surface area contributed by atoms with Crippen LogP contribution in [0.3, 0.4) is 0 Å². The van der Waals surface area contributed by atoms with Crippen molar-refractivity contribution in [1.82, 2.24) is 0 Å². The number of fused-ring (bicyclic) bond motifs is 2. The summed E-state index contributed by atoms with van der Waals surface area (Å²) in [5, 5.41) is 27.0. The van der Waals surface area contributed by atoms with Crippen LogP contribution >= 0.6 is 11.8 Å². The molecule has 6 atom stereocenters. The first-order valence-electron chi connectivity index (χ1n) is 19.8. The minimum atomic E-state index is -1.16. The van der Waals surface area contributed by atoms with Gasteiger partial charge in [-0.3, -0.25) is 9.59 Å². The number of aldehydes is 1. The van der Waals surface area contributed by atoms with Gasteiger partial charge >= 0.3 is 0 Å². The molecule has 3 N–H and O–H groups in total. The van der Waals surface area contributed by atoms with Gasteiger partial charge in [0.25, 0.3) is 0 Å². The fourth-order valence-corrected chi connectivity index (χ4v) is 9.91. The maximum atomic E-state index is 11.9. The normalized spacial score (nSPS) is 24.0. The van der Waals surface area contributed by atoms with Crippen molar-refractivity contribution in [1.29, 1.82) is 0 Å². The Kier molecular flexibility index (Phi) is 14.5. The number of allylic oxidation sites excluding steroid dienone is 1. The Hall–Kier alpha value is -4.62. The summed E-state index contributed by atoms with van der Waals surface area (Å²) in [7, 11) is 1.52. The van der Waals surface area contributed by atoms with Crippen molar-refractivity contribution in [2.45, 2.75) is 80.6 Å². The van der Waals surface area contributed by atoms with E-state index in [9.17, 15) is 19.8 Å². The van der Waals surface area contributed by atoms with Gasteiger partial charge < -0.3 is 39.3 Å². The van der Waals surface area contributed by atoms with E-state index in [-0.39, 0.29) is 54.6 Å². The number of hydrogen-bond donors (Lipinski definition) is 3. The molecule has 0 bridgehead atoms. The van der Waals surface area contributed by atoms with Crippen LogP contribution < -0.4 is 19.5 Å². The van der Waals surface area contributed by atoms with E-state index in [0.29, 0.717) is 60.1 Å². The van der Waals surface area contributed by atoms with Gasteiger partial charge in [-0.1, -0.05) is 30.1 Å². The van der Waals surface area contributed by atoms with Crippen molar-refractivity contribution in [3.8, 4) is 23.0 Å². The van der Waals surface area contributed by atoms with E-state index >= 15 is 0 Å². The van der Waals surface area contributed by atoms with Crippen LogP contribution in [0.2, 0.25) is 0 Å². The van der Waals surface area contributed by atoms with Crippen molar-refractivity contribution in [3.05, 3.63) is 96.1 Å². The minimum Gasteiger partial charge on any atom is -0.496 e. The Bertz CT molecular complexity index is 1930. The average Bonchev–Trinajstić information content (AvgIpc) is 3.21. The van der Waals surface area contributed by atoms with Crippen molar-refractivity contribution in [2.24, 2.45) is 22.9 Å². The van der Waals surface area contributed by atoms with Gasteiger partial charge in [-0.05, 0) is 111 Å². The van der Waals surface area contributed by atoms with E-state index in [4.69, 9.17) is 28.9 Å². The Morgan fingerprint density at radius 1 is 1.04 bits per heavy atom. The second kappa shape index (κ2) is 19.7. The number of oxime groups is 1. The van der Waals surface area contributed by atoms with Gasteiger partial charge in [0, 0.05) is 48.6 Å². The van der Waals surface area contributed by atoms with E-state index in [1.165, 1.54) is 14.0 Å². The predicted molar refractivity (Wildman–Crippen MR) is 222 cm³/mol. The van der Waals surface area contributed by atoms with Gasteiger partial charge in [0.1, 0.15) is 29.6 Å². The lowest BCUT2D eigenvalue weighted by Gasteiger charge is -2.58. The number of methoxy groups -OCH3 is 1. The number of carbonyl (C=O) groups is 2. The van der Waals surface area contributed by atoms with Crippen LogP contribution in [-0.4, -0.2) is 72.7 Å². The van der Waals surface area contributed by atoms with Gasteiger partial charge in [0.05, 0.1) is 36.2 Å². The molecule has 2 aliphatic carbocycles. The van der Waals surface area contributed by atoms with E-state index < -0.39 is 5.79 Å². The highest BCUT2D eigenvalue weighted by Gasteiger charge is 2.64. The van der Waals surface area contributed by atoms with E-state index in [2.05, 4.69) is 18.0 Å². The SMILES string of the molecule is C=CCO[C@@]12Oc3ccc(Oc4ccc(OC)c(C=O)c4)cc3[C@H]3[C@H](CCCCO)[C@@H](CCCCO)C=C(C(=NOCC)C[C@@H]1Sc1ccc(NC(C)=O)cc1)[C@H]32. The smallest absolute Gasteiger partial charge is 0.231 e. The zero-order valence-electron chi connectivity index (χ0n) is 33.0. The molecule has 3 aromatic rings. The molecular weight excluding hydrogens is 745 g/mol. The monoisotopic (exact) mass is 798 g/mol. The van der Waals surface area contributed by atoms with E-state index in [1.54, 1.807) is 36.0 Å². The van der Waals surface area contributed by atoms with Crippen molar-refractivity contribution in [2.75, 3.05) is 38.9 Å². The summed E-state index contributed by atoms with van der Waals surface area (Å²) in [5.74, 6) is 0.738. The molecule has 11 nitrogen and oxygen atoms in total. The van der Waals surface area contributed by atoms with Crippen molar-refractivity contribution < 1.29 is 43.6 Å². The number of nitrogens with one attached hydrogen (secondary N) is 1. The second-order valence-electron chi connectivity index (χ2n) is 14.6. The number of ether oxygens (including phenoxy) is 4. The highest BCUT2D eigenvalue weighted by atomic mass is 32.2. The molecule has 0 spiro atoms. The highest BCUT2D eigenvalue weighted by Crippen LogP contribution is 2.63. The molecule has 0 radical (unpaired) electrons. The number of aliphatic hydroxyl groups is 2. The molecule has 1 aliphatic heterocycles. The zero-order valence-corrected chi connectivity index (χ0v) is 33.8. The van der Waals surface area contributed by atoms with Gasteiger partial charge in [0.2, 0.25) is 11.7 Å². The average molecular weight is 799 g/mol. The molecule has 304 valence electrons. The van der Waals surface area contributed by atoms with Gasteiger partial charge in [0.15, 0.2) is 6.29 Å². The maximum absolute atomic E-state index is 11.9. The van der Waals surface area contributed by atoms with Gasteiger partial charge in [-0.15, -0.1) is 18.3 Å². The molecule has 1 fully saturated rings. The number of rotatable bonds is 20. The second-order valence-corrected chi connectivity index (χ2v) is 15.9. The summed E-state index contributed by atoms with van der Waals surface area (Å²) in [4.78, 5) is 30.4. The molecule has 12 heteroatoms. The Labute approximate surface area is 339 Å². The summed E-state index contributed by atoms with van der Waals surface area (Å²) in [6.07, 6.45) is 10.1. The molecule has 1 heterocycles. The molecule has 3 aromatic carbocycles. The third-order valence-corrected chi connectivity index (χ3v) is 12.3. The van der Waals surface area contributed by atoms with Crippen LogP contribution in [0, 0.1) is 17.8 Å². The van der Waals surface area contributed by atoms with Crippen LogP contribution in [0.25, 0.3) is 0 Å². The highest BCUT2D eigenvalue weighted by molar-refractivity contribution is 8.00. The number of carbonyl (C=O) groups excluding carboxylic acids is 2. The van der Waals surface area contributed by atoms with Crippen LogP contribution in [0.1, 0.15) is 80.6 Å². The molecule has 57 heavy (non-hydrogen) atoms. The summed E-state index contributed by atoms with van der Waals surface area (Å²) >= 11 is 1.64. The number of thioether (sulfide) groups is 1. The molecule has 3 aliphatic rings. The number of amides is 1. The summed E-state index contributed by atoms with van der Waals surface area (Å²) < 4.78 is 26.1. The predicted octanol–water partition coefficient (Wildman–Crippen LogP) is 8.70. The Morgan fingerprint density at radius 3 is 2.46 bits per heavy atom. The van der Waals surface area contributed by atoms with Crippen LogP contribution in [0.15, 0.2) is 95.0 Å². The van der Waals surface area contributed by atoms with Gasteiger partial charge in [-0.25, -0.2) is 0 Å². The number of benzene rings is 3. The number of anilines is 1. The van der Waals surface area contributed by atoms with E-state index in [1.807, 2.05) is 49.4 Å². The summed E-state index contributed by atoms with van der Waals surface area (Å²) in [5.41, 5.74) is 3.95. The molecule has 6 rings (SSSR count). The topological polar surface area (TPSA) is 145 Å². The third-order valence-electron chi connectivity index (χ3n) is 10.9. The first-order valence-corrected chi connectivity index (χ1v) is 20.7. The molecule has 0 unspecified atom stereocenters. The van der Waals surface area contributed by atoms with E-state index in [0.717, 1.165) is 53.7 Å². The zero-order chi connectivity index (χ0) is 40.4. The number of unbranched alkanes of at least 4 members (excludes halogenated alkanes) is 2. The Morgan fingerprint density at radius 2 is 1.77 bits per heavy atom. The quantitative estimate of drug-likeness (QED) is 0.0439. The Balaban J connectivity index is 1.53.